The molecule has 0 bridgehead atoms. The number of sulfonamides is 1. The summed E-state index contributed by atoms with van der Waals surface area (Å²) in [6.07, 6.45) is 5.22. The lowest BCUT2D eigenvalue weighted by Gasteiger charge is -2.23. The van der Waals surface area contributed by atoms with E-state index in [9.17, 15) is 17.2 Å². The zero-order valence-corrected chi connectivity index (χ0v) is 17.4. The van der Waals surface area contributed by atoms with E-state index >= 15 is 0 Å². The van der Waals surface area contributed by atoms with Crippen molar-refractivity contribution in [3.63, 3.8) is 0 Å². The van der Waals surface area contributed by atoms with Gasteiger partial charge in [0.15, 0.2) is 11.6 Å². The summed E-state index contributed by atoms with van der Waals surface area (Å²) in [5.74, 6) is -1.66. The molecule has 4 rings (SSSR count). The van der Waals surface area contributed by atoms with Crippen molar-refractivity contribution in [2.45, 2.75) is 13.3 Å². The van der Waals surface area contributed by atoms with E-state index in [0.29, 0.717) is 42.9 Å². The van der Waals surface area contributed by atoms with Gasteiger partial charge in [-0.25, -0.2) is 22.2 Å². The van der Waals surface area contributed by atoms with Crippen LogP contribution in [0.1, 0.15) is 19.0 Å². The molecule has 1 aliphatic rings. The average molecular weight is 433 g/mol. The molecule has 0 fully saturated rings. The lowest BCUT2D eigenvalue weighted by atomic mass is 10.0. The number of ether oxygens (including phenoxy) is 1. The van der Waals surface area contributed by atoms with Crippen LogP contribution in [0.4, 0.5) is 8.78 Å². The van der Waals surface area contributed by atoms with Crippen molar-refractivity contribution in [2.24, 2.45) is 0 Å². The van der Waals surface area contributed by atoms with Gasteiger partial charge in [0.2, 0.25) is 10.0 Å². The number of fused-ring (bicyclic) bond motifs is 1. The Balaban J connectivity index is 1.78. The molecule has 0 spiro atoms. The molecule has 1 aromatic carbocycles. The van der Waals surface area contributed by atoms with Crippen LogP contribution in [0, 0.1) is 11.6 Å². The van der Waals surface area contributed by atoms with Crippen molar-refractivity contribution in [1.82, 2.24) is 14.3 Å². The minimum atomic E-state index is -3.23. The Hall–Kier alpha value is -2.78. The number of hydrogen-bond donors (Lipinski definition) is 1. The molecular formula is C21H21F2N3O3S. The van der Waals surface area contributed by atoms with E-state index in [0.717, 1.165) is 28.8 Å². The Kier molecular flexibility index (Phi) is 5.33. The molecule has 0 aliphatic carbocycles. The lowest BCUT2D eigenvalue weighted by Crippen LogP contribution is -2.33. The first-order valence-corrected chi connectivity index (χ1v) is 11.4. The minimum absolute atomic E-state index is 0.257. The van der Waals surface area contributed by atoms with Gasteiger partial charge in [-0.3, -0.25) is 0 Å². The van der Waals surface area contributed by atoms with Crippen LogP contribution in [-0.4, -0.2) is 48.6 Å². The molecule has 1 N–H and O–H groups in total. The molecule has 30 heavy (non-hydrogen) atoms. The molecule has 3 aromatic rings. The molecule has 158 valence electrons. The summed E-state index contributed by atoms with van der Waals surface area (Å²) in [6.45, 7) is 2.80. The van der Waals surface area contributed by atoms with Gasteiger partial charge >= 0.3 is 0 Å². The van der Waals surface area contributed by atoms with Gasteiger partial charge in [-0.05, 0) is 42.7 Å². The van der Waals surface area contributed by atoms with Gasteiger partial charge in [-0.15, -0.1) is 0 Å². The van der Waals surface area contributed by atoms with E-state index in [1.165, 1.54) is 10.6 Å². The van der Waals surface area contributed by atoms with E-state index < -0.39 is 21.7 Å². The maximum absolute atomic E-state index is 14.0. The minimum Gasteiger partial charge on any atom is -0.493 e. The first-order valence-electron chi connectivity index (χ1n) is 9.52. The van der Waals surface area contributed by atoms with Crippen LogP contribution in [0.3, 0.4) is 0 Å². The second-order valence-electron chi connectivity index (χ2n) is 7.10. The van der Waals surface area contributed by atoms with Crippen molar-refractivity contribution in [2.75, 3.05) is 26.0 Å². The van der Waals surface area contributed by atoms with Gasteiger partial charge in [0.1, 0.15) is 11.4 Å². The number of rotatable bonds is 5. The Morgan fingerprint density at radius 3 is 2.63 bits per heavy atom. The highest BCUT2D eigenvalue weighted by Gasteiger charge is 2.22. The summed E-state index contributed by atoms with van der Waals surface area (Å²) < 4.78 is 58.1. The van der Waals surface area contributed by atoms with E-state index in [-0.39, 0.29) is 5.75 Å². The first-order chi connectivity index (χ1) is 14.3. The second-order valence-corrected chi connectivity index (χ2v) is 9.08. The third-order valence-electron chi connectivity index (χ3n) is 5.13. The number of hydrogen-bond acceptors (Lipinski definition) is 4. The SMILES string of the molecule is CCOc1cc(F)c(F)cc1-c1ccnc2[nH]c(C3=CCN(S(C)(=O)=O)CC3)cc12. The monoisotopic (exact) mass is 433 g/mol. The number of benzene rings is 1. The van der Waals surface area contributed by atoms with E-state index in [1.54, 1.807) is 19.2 Å². The van der Waals surface area contributed by atoms with Gasteiger partial charge in [0.05, 0.1) is 12.9 Å². The van der Waals surface area contributed by atoms with Gasteiger partial charge in [0.25, 0.3) is 0 Å². The number of aromatic nitrogens is 2. The third-order valence-corrected chi connectivity index (χ3v) is 6.40. The smallest absolute Gasteiger partial charge is 0.211 e. The Morgan fingerprint density at radius 2 is 1.97 bits per heavy atom. The van der Waals surface area contributed by atoms with Crippen LogP contribution in [0.2, 0.25) is 0 Å². The van der Waals surface area contributed by atoms with Crippen molar-refractivity contribution >= 4 is 26.6 Å². The molecule has 0 amide bonds. The lowest BCUT2D eigenvalue weighted by molar-refractivity contribution is 0.338. The quantitative estimate of drug-likeness (QED) is 0.661. The average Bonchev–Trinajstić information content (AvgIpc) is 3.15. The summed E-state index contributed by atoms with van der Waals surface area (Å²) in [5.41, 5.74) is 3.50. The molecule has 2 aromatic heterocycles. The maximum Gasteiger partial charge on any atom is 0.211 e. The number of nitrogens with zero attached hydrogens (tertiary/aromatic N) is 2. The fraction of sp³-hybridized carbons (Fsp3) is 0.286. The number of halogens is 2. The molecule has 1 aliphatic heterocycles. The highest BCUT2D eigenvalue weighted by atomic mass is 32.2. The van der Waals surface area contributed by atoms with Crippen LogP contribution in [0.15, 0.2) is 36.5 Å². The fourth-order valence-electron chi connectivity index (χ4n) is 3.65. The Morgan fingerprint density at radius 1 is 1.20 bits per heavy atom. The maximum atomic E-state index is 14.0. The molecule has 6 nitrogen and oxygen atoms in total. The predicted molar refractivity (Wildman–Crippen MR) is 112 cm³/mol. The van der Waals surface area contributed by atoms with Crippen LogP contribution in [0.25, 0.3) is 27.7 Å². The van der Waals surface area contributed by atoms with Crippen molar-refractivity contribution in [1.29, 1.82) is 0 Å². The highest BCUT2D eigenvalue weighted by molar-refractivity contribution is 7.88. The number of nitrogens with one attached hydrogen (secondary N) is 1. The molecule has 0 saturated heterocycles. The Labute approximate surface area is 173 Å². The number of H-pyrrole nitrogens is 1. The van der Waals surface area contributed by atoms with Gasteiger partial charge in [0, 0.05) is 42.0 Å². The zero-order valence-electron chi connectivity index (χ0n) is 16.6. The summed E-state index contributed by atoms with van der Waals surface area (Å²) in [6, 6.07) is 5.81. The molecule has 0 saturated carbocycles. The third kappa shape index (κ3) is 3.82. The summed E-state index contributed by atoms with van der Waals surface area (Å²) in [4.78, 5) is 7.61. The molecule has 3 heterocycles. The van der Waals surface area contributed by atoms with Gasteiger partial charge in [-0.1, -0.05) is 6.08 Å². The Bertz CT molecular complexity index is 1250. The van der Waals surface area contributed by atoms with Crippen LogP contribution in [-0.2, 0) is 10.0 Å². The fourth-order valence-corrected chi connectivity index (χ4v) is 4.41. The normalized spacial score (nSPS) is 15.4. The van der Waals surface area contributed by atoms with Crippen LogP contribution in [0.5, 0.6) is 5.75 Å². The van der Waals surface area contributed by atoms with Crippen molar-refractivity contribution < 1.29 is 21.9 Å². The van der Waals surface area contributed by atoms with Crippen molar-refractivity contribution in [3.05, 3.63) is 53.9 Å². The molecular weight excluding hydrogens is 412 g/mol. The predicted octanol–water partition coefficient (Wildman–Crippen LogP) is 3.96. The van der Waals surface area contributed by atoms with E-state index in [2.05, 4.69) is 9.97 Å². The second kappa shape index (κ2) is 7.81. The van der Waals surface area contributed by atoms with Gasteiger partial charge in [-0.2, -0.15) is 4.31 Å². The topological polar surface area (TPSA) is 75.3 Å². The van der Waals surface area contributed by atoms with Gasteiger partial charge < -0.3 is 9.72 Å². The molecule has 0 atom stereocenters. The number of pyridine rings is 1. The zero-order chi connectivity index (χ0) is 21.5. The van der Waals surface area contributed by atoms with E-state index in [4.69, 9.17) is 4.74 Å². The molecule has 9 heteroatoms. The number of aromatic amines is 1. The highest BCUT2D eigenvalue weighted by Crippen LogP contribution is 2.37. The molecule has 0 unspecified atom stereocenters. The standard InChI is InChI=1S/C21H21F2N3O3S/c1-3-29-20-12-18(23)17(22)10-15(20)14-4-7-24-21-16(14)11-19(25-21)13-5-8-26(9-6-13)30(2,27)28/h4-5,7,10-12H,3,6,8-9H2,1-2H3,(H,24,25). The summed E-state index contributed by atoms with van der Waals surface area (Å²) in [7, 11) is -3.23. The van der Waals surface area contributed by atoms with E-state index in [1.807, 2.05) is 12.1 Å². The van der Waals surface area contributed by atoms with Crippen LogP contribution >= 0.6 is 0 Å². The largest absolute Gasteiger partial charge is 0.493 e. The van der Waals surface area contributed by atoms with Crippen molar-refractivity contribution in [3.8, 4) is 16.9 Å². The van der Waals surface area contributed by atoms with Crippen LogP contribution < -0.4 is 4.74 Å². The first kappa shape index (κ1) is 20.5. The molecule has 0 radical (unpaired) electrons. The summed E-state index contributed by atoms with van der Waals surface area (Å²) >= 11 is 0. The summed E-state index contributed by atoms with van der Waals surface area (Å²) in [5, 5.41) is 0.742.